The Hall–Kier alpha value is -0.830. The monoisotopic (exact) mass is 196 g/mol. The van der Waals surface area contributed by atoms with Gasteiger partial charge in [0.25, 0.3) is 0 Å². The van der Waals surface area contributed by atoms with E-state index >= 15 is 0 Å². The average molecular weight is 196 g/mol. The maximum atomic E-state index is 5.67. The molecular formula is C10H16N2S. The van der Waals surface area contributed by atoms with Crippen LogP contribution in [-0.4, -0.2) is 5.84 Å². The van der Waals surface area contributed by atoms with E-state index in [0.29, 0.717) is 0 Å². The van der Waals surface area contributed by atoms with E-state index in [0.717, 1.165) is 12.3 Å². The fourth-order valence-corrected chi connectivity index (χ4v) is 1.95. The molecule has 0 aromatic carbocycles. The molecule has 1 rings (SSSR count). The molecule has 1 aromatic heterocycles. The minimum Gasteiger partial charge on any atom is -0.387 e. The zero-order valence-corrected chi connectivity index (χ0v) is 9.19. The number of rotatable bonds is 3. The van der Waals surface area contributed by atoms with Gasteiger partial charge < -0.3 is 5.73 Å². The Bertz CT molecular complexity index is 302. The highest BCUT2D eigenvalue weighted by Gasteiger charge is 2.05. The summed E-state index contributed by atoms with van der Waals surface area (Å²) in [6.45, 7) is 6.20. The highest BCUT2D eigenvalue weighted by atomic mass is 32.1. The van der Waals surface area contributed by atoms with Crippen LogP contribution in [0.5, 0.6) is 0 Å². The molecular weight excluding hydrogens is 180 g/mol. The summed E-state index contributed by atoms with van der Waals surface area (Å²) < 4.78 is 0. The van der Waals surface area contributed by atoms with Crippen molar-refractivity contribution >= 4 is 17.2 Å². The molecule has 0 spiro atoms. The van der Waals surface area contributed by atoms with E-state index < -0.39 is 0 Å². The summed E-state index contributed by atoms with van der Waals surface area (Å²) in [6.07, 6.45) is 0.828. The molecule has 0 aliphatic heterocycles. The zero-order chi connectivity index (χ0) is 9.84. The van der Waals surface area contributed by atoms with Crippen molar-refractivity contribution < 1.29 is 0 Å². The van der Waals surface area contributed by atoms with Crippen LogP contribution in [0.4, 0.5) is 0 Å². The van der Waals surface area contributed by atoms with Crippen molar-refractivity contribution in [3.63, 3.8) is 0 Å². The predicted molar refractivity (Wildman–Crippen MR) is 59.4 cm³/mol. The van der Waals surface area contributed by atoms with Crippen LogP contribution in [0.2, 0.25) is 0 Å². The van der Waals surface area contributed by atoms with E-state index in [1.165, 1.54) is 9.75 Å². The SMILES string of the molecule is CCC(N)=NC(C)c1ccc(C)s1. The molecule has 0 fully saturated rings. The van der Waals surface area contributed by atoms with Crippen molar-refractivity contribution in [3.05, 3.63) is 21.9 Å². The summed E-state index contributed by atoms with van der Waals surface area (Å²) in [5.41, 5.74) is 5.67. The molecule has 2 N–H and O–H groups in total. The first kappa shape index (κ1) is 10.3. The summed E-state index contributed by atoms with van der Waals surface area (Å²) in [7, 11) is 0. The van der Waals surface area contributed by atoms with Gasteiger partial charge in [0.15, 0.2) is 0 Å². The number of nitrogens with zero attached hydrogens (tertiary/aromatic N) is 1. The van der Waals surface area contributed by atoms with Gasteiger partial charge in [0.2, 0.25) is 0 Å². The second-order valence-corrected chi connectivity index (χ2v) is 4.42. The number of nitrogens with two attached hydrogens (primary N) is 1. The van der Waals surface area contributed by atoms with Gasteiger partial charge in [0.05, 0.1) is 11.9 Å². The van der Waals surface area contributed by atoms with Gasteiger partial charge in [-0.15, -0.1) is 11.3 Å². The Kier molecular flexibility index (Phi) is 3.48. The highest BCUT2D eigenvalue weighted by molar-refractivity contribution is 7.12. The van der Waals surface area contributed by atoms with E-state index in [4.69, 9.17) is 5.73 Å². The topological polar surface area (TPSA) is 38.4 Å². The van der Waals surface area contributed by atoms with E-state index in [9.17, 15) is 0 Å². The molecule has 0 aliphatic rings. The van der Waals surface area contributed by atoms with Crippen molar-refractivity contribution in [1.29, 1.82) is 0 Å². The maximum Gasteiger partial charge on any atom is 0.0942 e. The molecule has 0 aliphatic carbocycles. The highest BCUT2D eigenvalue weighted by Crippen LogP contribution is 2.24. The number of amidine groups is 1. The third-order valence-electron chi connectivity index (χ3n) is 1.89. The Morgan fingerprint density at radius 1 is 1.62 bits per heavy atom. The lowest BCUT2D eigenvalue weighted by Crippen LogP contribution is -2.10. The van der Waals surface area contributed by atoms with Crippen molar-refractivity contribution in [2.24, 2.45) is 10.7 Å². The largest absolute Gasteiger partial charge is 0.387 e. The van der Waals surface area contributed by atoms with E-state index in [1.807, 2.05) is 6.92 Å². The van der Waals surface area contributed by atoms with Gasteiger partial charge in [0.1, 0.15) is 0 Å². The third-order valence-corrected chi connectivity index (χ3v) is 3.07. The zero-order valence-electron chi connectivity index (χ0n) is 8.37. The van der Waals surface area contributed by atoms with Crippen LogP contribution in [0.15, 0.2) is 17.1 Å². The van der Waals surface area contributed by atoms with Crippen LogP contribution in [0.1, 0.15) is 36.1 Å². The van der Waals surface area contributed by atoms with Gasteiger partial charge in [0, 0.05) is 16.2 Å². The molecule has 0 bridgehead atoms. The van der Waals surface area contributed by atoms with Gasteiger partial charge in [-0.25, -0.2) is 0 Å². The fraction of sp³-hybridized carbons (Fsp3) is 0.500. The Labute approximate surface area is 83.5 Å². The normalized spacial score (nSPS) is 14.5. The summed E-state index contributed by atoms with van der Waals surface area (Å²) in [6, 6.07) is 4.45. The second-order valence-electron chi connectivity index (χ2n) is 3.10. The molecule has 1 unspecified atom stereocenters. The van der Waals surface area contributed by atoms with Crippen molar-refractivity contribution in [1.82, 2.24) is 0 Å². The molecule has 72 valence electrons. The van der Waals surface area contributed by atoms with Crippen molar-refractivity contribution in [2.45, 2.75) is 33.2 Å². The molecule has 3 heteroatoms. The molecule has 0 radical (unpaired) electrons. The third kappa shape index (κ3) is 2.84. The Morgan fingerprint density at radius 2 is 2.31 bits per heavy atom. The first-order valence-corrected chi connectivity index (χ1v) is 5.33. The summed E-state index contributed by atoms with van der Waals surface area (Å²) >= 11 is 1.79. The van der Waals surface area contributed by atoms with Crippen LogP contribution >= 0.6 is 11.3 Å². The molecule has 1 atom stereocenters. The van der Waals surface area contributed by atoms with Gasteiger partial charge in [-0.2, -0.15) is 0 Å². The summed E-state index contributed by atoms with van der Waals surface area (Å²) in [5.74, 6) is 0.735. The number of hydrogen-bond donors (Lipinski definition) is 1. The quantitative estimate of drug-likeness (QED) is 0.586. The Morgan fingerprint density at radius 3 is 2.77 bits per heavy atom. The number of aryl methyl sites for hydroxylation is 1. The predicted octanol–water partition coefficient (Wildman–Crippen LogP) is 2.88. The van der Waals surface area contributed by atoms with Gasteiger partial charge in [-0.05, 0) is 26.0 Å². The average Bonchev–Trinajstić information content (AvgIpc) is 2.51. The lowest BCUT2D eigenvalue weighted by molar-refractivity contribution is 0.831. The minimum absolute atomic E-state index is 0.207. The molecule has 1 heterocycles. The number of thiophene rings is 1. The lowest BCUT2D eigenvalue weighted by atomic mass is 10.3. The van der Waals surface area contributed by atoms with Crippen LogP contribution < -0.4 is 5.73 Å². The van der Waals surface area contributed by atoms with Crippen LogP contribution in [0, 0.1) is 6.92 Å². The fourth-order valence-electron chi connectivity index (χ4n) is 1.08. The van der Waals surface area contributed by atoms with Gasteiger partial charge in [-0.1, -0.05) is 6.92 Å². The summed E-state index contributed by atoms with van der Waals surface area (Å²) in [4.78, 5) is 7.00. The lowest BCUT2D eigenvalue weighted by Gasteiger charge is -2.04. The first-order valence-electron chi connectivity index (χ1n) is 4.52. The molecule has 0 saturated heterocycles. The minimum atomic E-state index is 0.207. The van der Waals surface area contributed by atoms with E-state index in [2.05, 4.69) is 31.0 Å². The van der Waals surface area contributed by atoms with E-state index in [-0.39, 0.29) is 6.04 Å². The molecule has 2 nitrogen and oxygen atoms in total. The van der Waals surface area contributed by atoms with Crippen LogP contribution in [0.3, 0.4) is 0 Å². The molecule has 0 saturated carbocycles. The van der Waals surface area contributed by atoms with Crippen LogP contribution in [-0.2, 0) is 0 Å². The standard InChI is InChI=1S/C10H16N2S/c1-4-10(11)12-8(3)9-6-5-7(2)13-9/h5-6,8H,4H2,1-3H3,(H2,11,12). The molecule has 0 amide bonds. The first-order chi connectivity index (χ1) is 6.13. The molecule has 13 heavy (non-hydrogen) atoms. The second kappa shape index (κ2) is 4.42. The number of hydrogen-bond acceptors (Lipinski definition) is 2. The maximum absolute atomic E-state index is 5.67. The van der Waals surface area contributed by atoms with Crippen molar-refractivity contribution in [2.75, 3.05) is 0 Å². The van der Waals surface area contributed by atoms with Crippen LogP contribution in [0.25, 0.3) is 0 Å². The smallest absolute Gasteiger partial charge is 0.0942 e. The van der Waals surface area contributed by atoms with Gasteiger partial charge in [-0.3, -0.25) is 4.99 Å². The number of aliphatic imine (C=N–C) groups is 1. The molecule has 1 aromatic rings. The van der Waals surface area contributed by atoms with Gasteiger partial charge >= 0.3 is 0 Å². The summed E-state index contributed by atoms with van der Waals surface area (Å²) in [5, 5.41) is 0. The Balaban J connectivity index is 2.74. The van der Waals surface area contributed by atoms with E-state index in [1.54, 1.807) is 11.3 Å². The van der Waals surface area contributed by atoms with Crippen molar-refractivity contribution in [3.8, 4) is 0 Å².